The van der Waals surface area contributed by atoms with Gasteiger partial charge in [0.25, 0.3) is 11.8 Å². The molecule has 9 heteroatoms. The molecule has 1 atom stereocenters. The maximum absolute atomic E-state index is 12.1. The van der Waals surface area contributed by atoms with Gasteiger partial charge in [0, 0.05) is 19.8 Å². The van der Waals surface area contributed by atoms with Gasteiger partial charge in [-0.2, -0.15) is 0 Å². The number of carbonyl (C=O) groups is 3. The van der Waals surface area contributed by atoms with Gasteiger partial charge in [-0.1, -0.05) is 18.2 Å². The minimum atomic E-state index is -0.915. The molecule has 9 nitrogen and oxygen atoms in total. The molecule has 3 rings (SSSR count). The molecular weight excluding hydrogens is 378 g/mol. The van der Waals surface area contributed by atoms with Gasteiger partial charge in [0.1, 0.15) is 6.61 Å². The zero-order chi connectivity index (χ0) is 20.8. The number of nitrogens with zero attached hydrogens (tertiary/aromatic N) is 1. The number of ether oxygens (including phenoxy) is 3. The molecule has 0 saturated carbocycles. The van der Waals surface area contributed by atoms with E-state index < -0.39 is 30.5 Å². The van der Waals surface area contributed by atoms with Crippen LogP contribution in [0.3, 0.4) is 0 Å². The number of rotatable bonds is 5. The molecule has 0 radical (unpaired) electrons. The third kappa shape index (κ3) is 5.16. The van der Waals surface area contributed by atoms with Gasteiger partial charge < -0.3 is 19.1 Å². The Bertz CT molecular complexity index is 915. The van der Waals surface area contributed by atoms with Crippen LogP contribution in [0.2, 0.25) is 0 Å². The minimum Gasteiger partial charge on any atom is -0.485 e. The summed E-state index contributed by atoms with van der Waals surface area (Å²) in [6, 6.07) is 13.8. The summed E-state index contributed by atoms with van der Waals surface area (Å²) in [6.45, 7) is -0.536. The maximum atomic E-state index is 12.1. The Balaban J connectivity index is 1.44. The summed E-state index contributed by atoms with van der Waals surface area (Å²) in [5, 5.41) is 0. The average Bonchev–Trinajstić information content (AvgIpc) is 2.75. The molecule has 152 valence electrons. The van der Waals surface area contributed by atoms with Gasteiger partial charge in [0.15, 0.2) is 18.1 Å². The first kappa shape index (κ1) is 20.0. The Hall–Kier alpha value is -3.75. The lowest BCUT2D eigenvalue weighted by molar-refractivity contribution is -0.135. The topological polar surface area (TPSA) is 106 Å². The third-order valence-electron chi connectivity index (χ3n) is 4.06. The number of hydrogen-bond donors (Lipinski definition) is 2. The van der Waals surface area contributed by atoms with Gasteiger partial charge in [-0.3, -0.25) is 20.4 Å². The highest BCUT2D eigenvalue weighted by Gasteiger charge is 2.27. The Morgan fingerprint density at radius 2 is 1.83 bits per heavy atom. The van der Waals surface area contributed by atoms with Gasteiger partial charge in [0.2, 0.25) is 6.10 Å². The molecule has 0 aromatic heterocycles. The molecule has 1 heterocycles. The van der Waals surface area contributed by atoms with E-state index in [0.29, 0.717) is 17.1 Å². The molecule has 2 N–H and O–H groups in total. The summed E-state index contributed by atoms with van der Waals surface area (Å²) < 4.78 is 16.0. The summed E-state index contributed by atoms with van der Waals surface area (Å²) in [5.41, 5.74) is 5.55. The summed E-state index contributed by atoms with van der Waals surface area (Å²) in [5.74, 6) is -0.925. The van der Waals surface area contributed by atoms with Crippen molar-refractivity contribution in [3.05, 3.63) is 54.1 Å². The number of fused-ring (bicyclic) bond motifs is 1. The van der Waals surface area contributed by atoms with Crippen LogP contribution in [0, 0.1) is 0 Å². The van der Waals surface area contributed by atoms with Crippen LogP contribution in [0.1, 0.15) is 10.4 Å². The van der Waals surface area contributed by atoms with Gasteiger partial charge in [-0.15, -0.1) is 0 Å². The number of nitrogens with one attached hydrogen (secondary N) is 2. The van der Waals surface area contributed by atoms with Crippen LogP contribution in [-0.4, -0.2) is 51.2 Å². The smallest absolute Gasteiger partial charge is 0.338 e. The molecule has 0 aliphatic carbocycles. The zero-order valence-corrected chi connectivity index (χ0v) is 16.0. The van der Waals surface area contributed by atoms with Gasteiger partial charge >= 0.3 is 5.97 Å². The van der Waals surface area contributed by atoms with Crippen molar-refractivity contribution < 1.29 is 28.6 Å². The Morgan fingerprint density at radius 3 is 2.59 bits per heavy atom. The van der Waals surface area contributed by atoms with Crippen molar-refractivity contribution in [1.82, 2.24) is 10.9 Å². The van der Waals surface area contributed by atoms with Gasteiger partial charge in [-0.05, 0) is 30.3 Å². The number of hydrazine groups is 1. The van der Waals surface area contributed by atoms with Crippen LogP contribution in [0.15, 0.2) is 48.5 Å². The summed E-state index contributed by atoms with van der Waals surface area (Å²) in [7, 11) is 3.69. The molecule has 2 aromatic carbocycles. The standard InChI is InChI=1S/C20H21N3O6/c1-23(2)14-7-5-6-13(10-14)20(26)28-12-18(24)21-22-19(25)17-11-27-15-8-3-4-9-16(15)29-17/h3-10,17H,11-12H2,1-2H3,(H,21,24)(H,22,25)/t17-/m0/s1. The fourth-order valence-corrected chi connectivity index (χ4v) is 2.52. The molecule has 1 aliphatic heterocycles. The fraction of sp³-hybridized carbons (Fsp3) is 0.250. The Kier molecular flexibility index (Phi) is 6.18. The van der Waals surface area contributed by atoms with Crippen molar-refractivity contribution in [3.63, 3.8) is 0 Å². The number of amides is 2. The van der Waals surface area contributed by atoms with Crippen LogP contribution in [-0.2, 0) is 14.3 Å². The highest BCUT2D eigenvalue weighted by atomic mass is 16.6. The highest BCUT2D eigenvalue weighted by Crippen LogP contribution is 2.30. The van der Waals surface area contributed by atoms with Crippen LogP contribution in [0.5, 0.6) is 11.5 Å². The predicted molar refractivity (Wildman–Crippen MR) is 104 cm³/mol. The van der Waals surface area contributed by atoms with E-state index in [-0.39, 0.29) is 6.61 Å². The van der Waals surface area contributed by atoms with Crippen molar-refractivity contribution in [2.45, 2.75) is 6.10 Å². The van der Waals surface area contributed by atoms with E-state index in [9.17, 15) is 14.4 Å². The summed E-state index contributed by atoms with van der Waals surface area (Å²) in [4.78, 5) is 37.9. The molecule has 2 amide bonds. The molecule has 0 unspecified atom stereocenters. The lowest BCUT2D eigenvalue weighted by atomic mass is 10.2. The third-order valence-corrected chi connectivity index (χ3v) is 4.06. The number of anilines is 1. The van der Waals surface area contributed by atoms with Crippen molar-refractivity contribution >= 4 is 23.5 Å². The van der Waals surface area contributed by atoms with Crippen molar-refractivity contribution in [2.24, 2.45) is 0 Å². The van der Waals surface area contributed by atoms with Crippen molar-refractivity contribution in [2.75, 3.05) is 32.2 Å². The lowest BCUT2D eigenvalue weighted by Crippen LogP contribution is -2.51. The quantitative estimate of drug-likeness (QED) is 0.568. The minimum absolute atomic E-state index is 0.00984. The molecule has 0 fully saturated rings. The number of carbonyl (C=O) groups excluding carboxylic acids is 3. The van der Waals surface area contributed by atoms with E-state index in [4.69, 9.17) is 14.2 Å². The average molecular weight is 399 g/mol. The van der Waals surface area contributed by atoms with Gasteiger partial charge in [-0.25, -0.2) is 4.79 Å². The maximum Gasteiger partial charge on any atom is 0.338 e. The van der Waals surface area contributed by atoms with E-state index in [1.165, 1.54) is 0 Å². The number of esters is 1. The van der Waals surface area contributed by atoms with E-state index in [2.05, 4.69) is 10.9 Å². The van der Waals surface area contributed by atoms with Crippen LogP contribution in [0.4, 0.5) is 5.69 Å². The first-order valence-electron chi connectivity index (χ1n) is 8.86. The Morgan fingerprint density at radius 1 is 1.07 bits per heavy atom. The van der Waals surface area contributed by atoms with E-state index in [0.717, 1.165) is 5.69 Å². The molecule has 0 bridgehead atoms. The van der Waals surface area contributed by atoms with Crippen LogP contribution >= 0.6 is 0 Å². The molecular formula is C20H21N3O6. The first-order valence-corrected chi connectivity index (χ1v) is 8.86. The van der Waals surface area contributed by atoms with E-state index in [1.54, 1.807) is 42.5 Å². The fourth-order valence-electron chi connectivity index (χ4n) is 2.52. The van der Waals surface area contributed by atoms with E-state index in [1.807, 2.05) is 25.1 Å². The largest absolute Gasteiger partial charge is 0.485 e. The van der Waals surface area contributed by atoms with Gasteiger partial charge in [0.05, 0.1) is 5.56 Å². The molecule has 1 aliphatic rings. The summed E-state index contributed by atoms with van der Waals surface area (Å²) in [6.07, 6.45) is -0.915. The molecule has 29 heavy (non-hydrogen) atoms. The Labute approximate surface area is 167 Å². The van der Waals surface area contributed by atoms with Crippen LogP contribution < -0.4 is 25.2 Å². The second-order valence-electron chi connectivity index (χ2n) is 6.42. The highest BCUT2D eigenvalue weighted by molar-refractivity contribution is 5.92. The predicted octanol–water partition coefficient (Wildman–Crippen LogP) is 0.897. The monoisotopic (exact) mass is 399 g/mol. The zero-order valence-electron chi connectivity index (χ0n) is 16.0. The molecule has 0 saturated heterocycles. The number of hydrogen-bond acceptors (Lipinski definition) is 7. The second-order valence-corrected chi connectivity index (χ2v) is 6.42. The van der Waals surface area contributed by atoms with E-state index >= 15 is 0 Å². The number of para-hydroxylation sites is 2. The number of benzene rings is 2. The first-order chi connectivity index (χ1) is 13.9. The SMILES string of the molecule is CN(C)c1cccc(C(=O)OCC(=O)NNC(=O)[C@@H]2COc3ccccc3O2)c1. The van der Waals surface area contributed by atoms with Crippen molar-refractivity contribution in [3.8, 4) is 11.5 Å². The lowest BCUT2D eigenvalue weighted by Gasteiger charge is -2.25. The van der Waals surface area contributed by atoms with Crippen molar-refractivity contribution in [1.29, 1.82) is 0 Å². The normalized spacial score (nSPS) is 14.5. The molecule has 0 spiro atoms. The summed E-state index contributed by atoms with van der Waals surface area (Å²) >= 11 is 0. The van der Waals surface area contributed by atoms with Crippen LogP contribution in [0.25, 0.3) is 0 Å². The second kappa shape index (κ2) is 8.96. The molecule has 2 aromatic rings.